The summed E-state index contributed by atoms with van der Waals surface area (Å²) in [6.07, 6.45) is 8.24. The minimum atomic E-state index is 0.800. The number of aliphatic imine (C=N–C) groups is 1. The highest BCUT2D eigenvalue weighted by Crippen LogP contribution is 2.29. The van der Waals surface area contributed by atoms with Crippen molar-refractivity contribution in [2.75, 3.05) is 40.4 Å². The zero-order valence-corrected chi connectivity index (χ0v) is 14.1. The Kier molecular flexibility index (Phi) is 6.81. The van der Waals surface area contributed by atoms with Gasteiger partial charge in [-0.15, -0.1) is 0 Å². The summed E-state index contributed by atoms with van der Waals surface area (Å²) in [6, 6.07) is 0. The maximum absolute atomic E-state index is 5.71. The van der Waals surface area contributed by atoms with Gasteiger partial charge >= 0.3 is 0 Å². The Balaban J connectivity index is 1.61. The highest BCUT2D eigenvalue weighted by atomic mass is 16.5. The average Bonchev–Trinajstić information content (AvgIpc) is 3.28. The van der Waals surface area contributed by atoms with Crippen LogP contribution >= 0.6 is 0 Å². The summed E-state index contributed by atoms with van der Waals surface area (Å²) in [4.78, 5) is 6.57. The van der Waals surface area contributed by atoms with E-state index >= 15 is 0 Å². The number of hydrogen-bond donors (Lipinski definition) is 1. The van der Waals surface area contributed by atoms with E-state index in [4.69, 9.17) is 4.74 Å². The largest absolute Gasteiger partial charge is 0.379 e. The molecule has 0 bridgehead atoms. The summed E-state index contributed by atoms with van der Waals surface area (Å²) in [6.45, 7) is 6.09. The molecule has 4 heteroatoms. The first-order valence-electron chi connectivity index (χ1n) is 8.68. The molecule has 1 N–H and O–H groups in total. The Morgan fingerprint density at radius 1 is 1.24 bits per heavy atom. The van der Waals surface area contributed by atoms with Crippen molar-refractivity contribution in [3.8, 4) is 0 Å². The maximum Gasteiger partial charge on any atom is 0.193 e. The molecule has 2 saturated carbocycles. The van der Waals surface area contributed by atoms with Crippen molar-refractivity contribution in [1.29, 1.82) is 0 Å². The number of nitrogens with zero attached hydrogens (tertiary/aromatic N) is 2. The summed E-state index contributed by atoms with van der Waals surface area (Å²) < 4.78 is 5.71. The molecule has 2 aliphatic carbocycles. The number of rotatable bonds is 7. The normalized spacial score (nSPS) is 26.7. The molecule has 0 aromatic heterocycles. The van der Waals surface area contributed by atoms with E-state index in [1.54, 1.807) is 0 Å². The second-order valence-corrected chi connectivity index (χ2v) is 7.01. The van der Waals surface area contributed by atoms with Gasteiger partial charge in [-0.05, 0) is 43.4 Å². The van der Waals surface area contributed by atoms with Crippen LogP contribution in [0.2, 0.25) is 0 Å². The predicted octanol–water partition coefficient (Wildman–Crippen LogP) is 2.75. The molecule has 2 unspecified atom stereocenters. The lowest BCUT2D eigenvalue weighted by Gasteiger charge is -2.29. The first-order chi connectivity index (χ1) is 10.2. The highest BCUT2D eigenvalue weighted by Gasteiger charge is 2.21. The van der Waals surface area contributed by atoms with Gasteiger partial charge in [-0.2, -0.15) is 0 Å². The van der Waals surface area contributed by atoms with Crippen molar-refractivity contribution in [2.45, 2.75) is 45.4 Å². The molecule has 0 amide bonds. The van der Waals surface area contributed by atoms with Crippen LogP contribution in [0.5, 0.6) is 0 Å². The van der Waals surface area contributed by atoms with Crippen LogP contribution in [0.4, 0.5) is 0 Å². The van der Waals surface area contributed by atoms with Crippen molar-refractivity contribution in [2.24, 2.45) is 22.7 Å². The molecule has 2 rings (SSSR count). The summed E-state index contributed by atoms with van der Waals surface area (Å²) in [5.74, 6) is 3.55. The fourth-order valence-corrected chi connectivity index (χ4v) is 3.21. The van der Waals surface area contributed by atoms with Gasteiger partial charge in [-0.25, -0.2) is 0 Å². The number of guanidine groups is 1. The molecule has 0 spiro atoms. The molecular weight excluding hydrogens is 262 g/mol. The van der Waals surface area contributed by atoms with Crippen molar-refractivity contribution in [3.05, 3.63) is 0 Å². The maximum atomic E-state index is 5.71. The van der Waals surface area contributed by atoms with Gasteiger partial charge < -0.3 is 15.0 Å². The van der Waals surface area contributed by atoms with Crippen molar-refractivity contribution in [3.63, 3.8) is 0 Å². The Hall–Kier alpha value is -0.770. The SMILES string of the molecule is CN=C(NCC1CCCC(C)C1)N(C)CCOCC1CC1. The lowest BCUT2D eigenvalue weighted by Crippen LogP contribution is -2.43. The van der Waals surface area contributed by atoms with Gasteiger partial charge in [0.15, 0.2) is 5.96 Å². The van der Waals surface area contributed by atoms with Crippen LogP contribution in [-0.4, -0.2) is 51.3 Å². The van der Waals surface area contributed by atoms with E-state index < -0.39 is 0 Å². The molecule has 2 aliphatic rings. The minimum absolute atomic E-state index is 0.800. The molecular formula is C17H33N3O. The zero-order valence-electron chi connectivity index (χ0n) is 14.1. The molecule has 0 aromatic rings. The Labute approximate surface area is 130 Å². The Morgan fingerprint density at radius 2 is 2.05 bits per heavy atom. The van der Waals surface area contributed by atoms with Crippen molar-refractivity contribution in [1.82, 2.24) is 10.2 Å². The molecule has 0 heterocycles. The number of ether oxygens (including phenoxy) is 1. The van der Waals surface area contributed by atoms with E-state index in [1.807, 2.05) is 7.05 Å². The molecule has 0 radical (unpaired) electrons. The number of hydrogen-bond acceptors (Lipinski definition) is 2. The Bertz CT molecular complexity index is 328. The zero-order chi connectivity index (χ0) is 15.1. The van der Waals surface area contributed by atoms with E-state index in [2.05, 4.69) is 29.2 Å². The summed E-state index contributed by atoms with van der Waals surface area (Å²) in [7, 11) is 3.96. The van der Waals surface area contributed by atoms with Crippen LogP contribution in [-0.2, 0) is 4.74 Å². The van der Waals surface area contributed by atoms with Gasteiger partial charge in [0.2, 0.25) is 0 Å². The van der Waals surface area contributed by atoms with Crippen LogP contribution in [0.25, 0.3) is 0 Å². The van der Waals surface area contributed by atoms with E-state index in [0.717, 1.165) is 50.0 Å². The van der Waals surface area contributed by atoms with E-state index in [-0.39, 0.29) is 0 Å². The average molecular weight is 295 g/mol. The van der Waals surface area contributed by atoms with Gasteiger partial charge in [-0.3, -0.25) is 4.99 Å². The smallest absolute Gasteiger partial charge is 0.193 e. The summed E-state index contributed by atoms with van der Waals surface area (Å²) in [5.41, 5.74) is 0. The quantitative estimate of drug-likeness (QED) is 0.446. The second kappa shape index (κ2) is 8.62. The number of nitrogens with one attached hydrogen (secondary N) is 1. The monoisotopic (exact) mass is 295 g/mol. The van der Waals surface area contributed by atoms with E-state index in [9.17, 15) is 0 Å². The highest BCUT2D eigenvalue weighted by molar-refractivity contribution is 5.79. The van der Waals surface area contributed by atoms with Crippen LogP contribution in [0, 0.1) is 17.8 Å². The molecule has 0 saturated heterocycles. The predicted molar refractivity (Wildman–Crippen MR) is 88.7 cm³/mol. The molecule has 0 aliphatic heterocycles. The van der Waals surface area contributed by atoms with Crippen molar-refractivity contribution >= 4 is 5.96 Å². The fourth-order valence-electron chi connectivity index (χ4n) is 3.21. The lowest BCUT2D eigenvalue weighted by molar-refractivity contribution is 0.115. The third-order valence-electron chi connectivity index (χ3n) is 4.79. The van der Waals surface area contributed by atoms with Gasteiger partial charge in [0.05, 0.1) is 6.61 Å². The molecule has 21 heavy (non-hydrogen) atoms. The third-order valence-corrected chi connectivity index (χ3v) is 4.79. The van der Waals surface area contributed by atoms with Gasteiger partial charge in [0, 0.05) is 33.8 Å². The fraction of sp³-hybridized carbons (Fsp3) is 0.941. The van der Waals surface area contributed by atoms with Gasteiger partial charge in [-0.1, -0.05) is 19.8 Å². The standard InChI is InChI=1S/C17H33N3O/c1-14-5-4-6-16(11-14)12-19-17(18-2)20(3)9-10-21-13-15-7-8-15/h14-16H,4-13H2,1-3H3,(H,18,19). The van der Waals surface area contributed by atoms with Crippen LogP contribution in [0.1, 0.15) is 45.4 Å². The molecule has 0 aromatic carbocycles. The first-order valence-corrected chi connectivity index (χ1v) is 8.68. The van der Waals surface area contributed by atoms with Gasteiger partial charge in [0.1, 0.15) is 0 Å². The third kappa shape index (κ3) is 6.25. The first kappa shape index (κ1) is 16.6. The van der Waals surface area contributed by atoms with Crippen LogP contribution < -0.4 is 5.32 Å². The Morgan fingerprint density at radius 3 is 2.71 bits per heavy atom. The number of likely N-dealkylation sites (N-methyl/N-ethyl adjacent to an activating group) is 1. The lowest BCUT2D eigenvalue weighted by atomic mass is 9.82. The van der Waals surface area contributed by atoms with E-state index in [1.165, 1.54) is 38.5 Å². The van der Waals surface area contributed by atoms with Crippen LogP contribution in [0.15, 0.2) is 4.99 Å². The topological polar surface area (TPSA) is 36.9 Å². The molecule has 122 valence electrons. The van der Waals surface area contributed by atoms with Gasteiger partial charge in [0.25, 0.3) is 0 Å². The second-order valence-electron chi connectivity index (χ2n) is 7.01. The summed E-state index contributed by atoms with van der Waals surface area (Å²) >= 11 is 0. The molecule has 2 atom stereocenters. The van der Waals surface area contributed by atoms with Crippen molar-refractivity contribution < 1.29 is 4.74 Å². The molecule has 2 fully saturated rings. The van der Waals surface area contributed by atoms with E-state index in [0.29, 0.717) is 0 Å². The van der Waals surface area contributed by atoms with Crippen LogP contribution in [0.3, 0.4) is 0 Å². The summed E-state index contributed by atoms with van der Waals surface area (Å²) in [5, 5.41) is 3.54. The molecule has 4 nitrogen and oxygen atoms in total. The minimum Gasteiger partial charge on any atom is -0.379 e.